The van der Waals surface area contributed by atoms with Crippen LogP contribution in [0, 0.1) is 5.92 Å². The van der Waals surface area contributed by atoms with Crippen LogP contribution in [0.3, 0.4) is 0 Å². The van der Waals surface area contributed by atoms with Gasteiger partial charge in [0.15, 0.2) is 0 Å². The maximum atomic E-state index is 8.16. The SMILES string of the molecule is CC(C)CCOCO. The molecule has 0 aliphatic rings. The lowest BCUT2D eigenvalue weighted by Crippen LogP contribution is -1.98. The van der Waals surface area contributed by atoms with Crippen molar-refractivity contribution in [1.29, 1.82) is 0 Å². The Bertz CT molecular complexity index is 43.8. The van der Waals surface area contributed by atoms with Crippen molar-refractivity contribution in [1.82, 2.24) is 0 Å². The summed E-state index contributed by atoms with van der Waals surface area (Å²) in [6, 6.07) is 0. The maximum Gasteiger partial charge on any atom is 0.143 e. The quantitative estimate of drug-likeness (QED) is 0.441. The summed E-state index contributed by atoms with van der Waals surface area (Å²) in [5, 5.41) is 8.16. The summed E-state index contributed by atoms with van der Waals surface area (Å²) in [7, 11) is 0. The predicted molar refractivity (Wildman–Crippen MR) is 32.5 cm³/mol. The molecule has 0 atom stereocenters. The second kappa shape index (κ2) is 5.06. The summed E-state index contributed by atoms with van der Waals surface area (Å²) in [5.74, 6) is 0.668. The van der Waals surface area contributed by atoms with Crippen LogP contribution in [-0.4, -0.2) is 18.5 Å². The number of hydrogen-bond donors (Lipinski definition) is 1. The molecule has 50 valence electrons. The Morgan fingerprint density at radius 3 is 2.50 bits per heavy atom. The molecule has 0 aliphatic heterocycles. The second-order valence-electron chi connectivity index (χ2n) is 2.22. The van der Waals surface area contributed by atoms with E-state index in [0.717, 1.165) is 6.42 Å². The van der Waals surface area contributed by atoms with Gasteiger partial charge in [-0.15, -0.1) is 0 Å². The summed E-state index contributed by atoms with van der Waals surface area (Å²) in [4.78, 5) is 0. The van der Waals surface area contributed by atoms with E-state index in [1.54, 1.807) is 0 Å². The van der Waals surface area contributed by atoms with Gasteiger partial charge in [-0.25, -0.2) is 0 Å². The minimum Gasteiger partial charge on any atom is -0.371 e. The van der Waals surface area contributed by atoms with Gasteiger partial charge in [0.05, 0.1) is 0 Å². The topological polar surface area (TPSA) is 29.5 Å². The minimum atomic E-state index is -0.146. The Hall–Kier alpha value is -0.0800. The normalized spacial score (nSPS) is 10.5. The first-order chi connectivity index (χ1) is 3.77. The molecule has 0 aliphatic carbocycles. The number of aliphatic hydroxyl groups is 1. The summed E-state index contributed by atoms with van der Waals surface area (Å²) in [6.07, 6.45) is 1.03. The summed E-state index contributed by atoms with van der Waals surface area (Å²) >= 11 is 0. The van der Waals surface area contributed by atoms with Gasteiger partial charge in [-0.3, -0.25) is 0 Å². The average molecular weight is 118 g/mol. The van der Waals surface area contributed by atoms with Crippen LogP contribution in [0.1, 0.15) is 20.3 Å². The van der Waals surface area contributed by atoms with Crippen LogP contribution >= 0.6 is 0 Å². The molecule has 0 aromatic rings. The summed E-state index contributed by atoms with van der Waals surface area (Å²) < 4.78 is 4.70. The van der Waals surface area contributed by atoms with Crippen molar-refractivity contribution in [2.75, 3.05) is 13.4 Å². The largest absolute Gasteiger partial charge is 0.371 e. The first kappa shape index (κ1) is 7.92. The number of ether oxygens (including phenoxy) is 1. The van der Waals surface area contributed by atoms with Crippen LogP contribution in [0.2, 0.25) is 0 Å². The zero-order valence-electron chi connectivity index (χ0n) is 5.55. The van der Waals surface area contributed by atoms with Crippen LogP contribution in [0.25, 0.3) is 0 Å². The molecule has 0 aromatic carbocycles. The van der Waals surface area contributed by atoms with Gasteiger partial charge in [0.1, 0.15) is 6.79 Å². The fourth-order valence-electron chi connectivity index (χ4n) is 0.384. The van der Waals surface area contributed by atoms with E-state index in [9.17, 15) is 0 Å². The van der Waals surface area contributed by atoms with Crippen LogP contribution in [0.4, 0.5) is 0 Å². The van der Waals surface area contributed by atoms with Gasteiger partial charge in [0, 0.05) is 6.61 Å². The van der Waals surface area contributed by atoms with Crippen molar-refractivity contribution in [3.63, 3.8) is 0 Å². The second-order valence-corrected chi connectivity index (χ2v) is 2.22. The van der Waals surface area contributed by atoms with Gasteiger partial charge in [-0.1, -0.05) is 13.8 Å². The Kier molecular flexibility index (Phi) is 5.01. The standard InChI is InChI=1S/C6H14O2/c1-6(2)3-4-8-5-7/h6-7H,3-5H2,1-2H3. The van der Waals surface area contributed by atoms with E-state index < -0.39 is 0 Å². The van der Waals surface area contributed by atoms with E-state index in [1.165, 1.54) is 0 Å². The molecule has 0 spiro atoms. The van der Waals surface area contributed by atoms with Gasteiger partial charge in [-0.2, -0.15) is 0 Å². The van der Waals surface area contributed by atoms with Crippen molar-refractivity contribution >= 4 is 0 Å². The highest BCUT2D eigenvalue weighted by Crippen LogP contribution is 1.97. The number of hydrogen-bond acceptors (Lipinski definition) is 2. The first-order valence-electron chi connectivity index (χ1n) is 2.96. The molecular weight excluding hydrogens is 104 g/mol. The van der Waals surface area contributed by atoms with Crippen molar-refractivity contribution in [3.8, 4) is 0 Å². The average Bonchev–Trinajstić information content (AvgIpc) is 1.66. The van der Waals surface area contributed by atoms with Crippen LogP contribution < -0.4 is 0 Å². The van der Waals surface area contributed by atoms with E-state index in [4.69, 9.17) is 9.84 Å². The molecule has 8 heavy (non-hydrogen) atoms. The Morgan fingerprint density at radius 1 is 1.50 bits per heavy atom. The predicted octanol–water partition coefficient (Wildman–Crippen LogP) is 0.999. The highest BCUT2D eigenvalue weighted by Gasteiger charge is 1.90. The van der Waals surface area contributed by atoms with E-state index in [0.29, 0.717) is 12.5 Å². The molecule has 2 heteroatoms. The Balaban J connectivity index is 2.72. The van der Waals surface area contributed by atoms with Crippen molar-refractivity contribution < 1.29 is 9.84 Å². The molecule has 0 unspecified atom stereocenters. The van der Waals surface area contributed by atoms with Gasteiger partial charge in [0.2, 0.25) is 0 Å². The lowest BCUT2D eigenvalue weighted by atomic mass is 10.1. The van der Waals surface area contributed by atoms with Gasteiger partial charge in [-0.05, 0) is 12.3 Å². The van der Waals surface area contributed by atoms with Gasteiger partial charge >= 0.3 is 0 Å². The molecule has 0 saturated heterocycles. The van der Waals surface area contributed by atoms with Crippen molar-refractivity contribution in [2.45, 2.75) is 20.3 Å². The van der Waals surface area contributed by atoms with Crippen molar-refractivity contribution in [3.05, 3.63) is 0 Å². The maximum absolute atomic E-state index is 8.16. The molecule has 0 heterocycles. The molecule has 0 amide bonds. The number of aliphatic hydroxyl groups excluding tert-OH is 1. The molecule has 0 radical (unpaired) electrons. The van der Waals surface area contributed by atoms with Gasteiger partial charge in [0.25, 0.3) is 0 Å². The fourth-order valence-corrected chi connectivity index (χ4v) is 0.384. The van der Waals surface area contributed by atoms with E-state index >= 15 is 0 Å². The third kappa shape index (κ3) is 5.92. The van der Waals surface area contributed by atoms with Gasteiger partial charge < -0.3 is 9.84 Å². The fraction of sp³-hybridized carbons (Fsp3) is 1.00. The van der Waals surface area contributed by atoms with Crippen LogP contribution in [-0.2, 0) is 4.74 Å². The summed E-state index contributed by atoms with van der Waals surface area (Å²) in [6.45, 7) is 4.78. The number of rotatable bonds is 4. The molecule has 0 rings (SSSR count). The van der Waals surface area contributed by atoms with E-state index in [1.807, 2.05) is 0 Å². The third-order valence-electron chi connectivity index (χ3n) is 0.931. The van der Waals surface area contributed by atoms with E-state index in [-0.39, 0.29) is 6.79 Å². The highest BCUT2D eigenvalue weighted by molar-refractivity contribution is 4.40. The smallest absolute Gasteiger partial charge is 0.143 e. The lowest BCUT2D eigenvalue weighted by Gasteiger charge is -2.01. The van der Waals surface area contributed by atoms with Crippen LogP contribution in [0.5, 0.6) is 0 Å². The van der Waals surface area contributed by atoms with Crippen molar-refractivity contribution in [2.24, 2.45) is 5.92 Å². The minimum absolute atomic E-state index is 0.146. The molecule has 0 fully saturated rings. The zero-order chi connectivity index (χ0) is 6.41. The van der Waals surface area contributed by atoms with Crippen LogP contribution in [0.15, 0.2) is 0 Å². The summed E-state index contributed by atoms with van der Waals surface area (Å²) in [5.41, 5.74) is 0. The Morgan fingerprint density at radius 2 is 2.12 bits per heavy atom. The monoisotopic (exact) mass is 118 g/mol. The molecule has 0 saturated carbocycles. The molecular formula is C6H14O2. The molecule has 1 N–H and O–H groups in total. The highest BCUT2D eigenvalue weighted by atomic mass is 16.6. The lowest BCUT2D eigenvalue weighted by molar-refractivity contribution is -0.00533. The molecule has 0 bridgehead atoms. The zero-order valence-corrected chi connectivity index (χ0v) is 5.55. The molecule has 2 nitrogen and oxygen atoms in total. The first-order valence-corrected chi connectivity index (χ1v) is 2.96. The van der Waals surface area contributed by atoms with E-state index in [2.05, 4.69) is 13.8 Å². The third-order valence-corrected chi connectivity index (χ3v) is 0.931. The Labute approximate surface area is 50.5 Å². The molecule has 0 aromatic heterocycles.